The zero-order chi connectivity index (χ0) is 14.0. The normalized spacial score (nSPS) is 10.3. The molecule has 1 aromatic carbocycles. The highest BCUT2D eigenvalue weighted by atomic mass is 79.9. The van der Waals surface area contributed by atoms with E-state index >= 15 is 0 Å². The van der Waals surface area contributed by atoms with E-state index in [1.54, 1.807) is 0 Å². The van der Waals surface area contributed by atoms with Gasteiger partial charge in [0.2, 0.25) is 0 Å². The first-order valence-corrected chi connectivity index (χ1v) is 6.59. The van der Waals surface area contributed by atoms with E-state index in [1.165, 1.54) is 24.4 Å². The average Bonchev–Trinajstić information content (AvgIpc) is 2.35. The first-order valence-electron chi connectivity index (χ1n) is 5.05. The molecule has 1 heterocycles. The van der Waals surface area contributed by atoms with Crippen LogP contribution < -0.4 is 5.32 Å². The van der Waals surface area contributed by atoms with Crippen LogP contribution in [-0.4, -0.2) is 10.9 Å². The van der Waals surface area contributed by atoms with Crippen molar-refractivity contribution in [2.24, 2.45) is 0 Å². The van der Waals surface area contributed by atoms with Gasteiger partial charge in [0.25, 0.3) is 5.91 Å². The number of hydrogen-bond donors (Lipinski definition) is 1. The number of amides is 1. The molecule has 0 saturated carbocycles. The molecular weight excluding hydrogens is 358 g/mol. The second-order valence-corrected chi connectivity index (χ2v) is 5.25. The predicted octanol–water partition coefficient (Wildman–Crippen LogP) is 4.54. The Bertz CT molecular complexity index is 652. The van der Waals surface area contributed by atoms with E-state index < -0.39 is 11.7 Å². The van der Waals surface area contributed by atoms with E-state index in [2.05, 4.69) is 26.2 Å². The molecule has 98 valence electrons. The topological polar surface area (TPSA) is 42.0 Å². The highest BCUT2D eigenvalue weighted by molar-refractivity contribution is 9.10. The molecule has 0 spiro atoms. The van der Waals surface area contributed by atoms with Gasteiger partial charge in [0, 0.05) is 10.7 Å². The molecule has 0 aliphatic rings. The van der Waals surface area contributed by atoms with E-state index in [9.17, 15) is 9.18 Å². The molecule has 0 saturated heterocycles. The maximum absolute atomic E-state index is 12.9. The molecule has 3 nitrogen and oxygen atoms in total. The summed E-state index contributed by atoms with van der Waals surface area (Å²) in [5.41, 5.74) is 0.487. The molecule has 19 heavy (non-hydrogen) atoms. The Hall–Kier alpha value is -1.17. The number of rotatable bonds is 2. The van der Waals surface area contributed by atoms with Crippen LogP contribution in [0, 0.1) is 5.82 Å². The molecule has 0 unspecified atom stereocenters. The van der Waals surface area contributed by atoms with Gasteiger partial charge in [-0.3, -0.25) is 4.79 Å². The molecule has 1 N–H and O–H groups in total. The number of halogens is 4. The number of anilines is 1. The molecule has 1 amide bonds. The summed E-state index contributed by atoms with van der Waals surface area (Å²) in [5, 5.41) is 2.71. The van der Waals surface area contributed by atoms with Crippen molar-refractivity contribution in [3.8, 4) is 0 Å². The number of pyridine rings is 1. The third-order valence-electron chi connectivity index (χ3n) is 2.23. The van der Waals surface area contributed by atoms with Gasteiger partial charge in [-0.25, -0.2) is 9.37 Å². The highest BCUT2D eigenvalue weighted by Gasteiger charge is 2.14. The Morgan fingerprint density at radius 3 is 2.74 bits per heavy atom. The van der Waals surface area contributed by atoms with E-state index in [0.29, 0.717) is 10.2 Å². The van der Waals surface area contributed by atoms with Gasteiger partial charge in [-0.15, -0.1) is 0 Å². The quantitative estimate of drug-likeness (QED) is 0.795. The molecule has 0 bridgehead atoms. The number of aromatic nitrogens is 1. The number of benzene rings is 1. The zero-order valence-electron chi connectivity index (χ0n) is 9.25. The number of carbonyl (C=O) groups is 1. The van der Waals surface area contributed by atoms with Crippen LogP contribution in [-0.2, 0) is 0 Å². The maximum atomic E-state index is 12.9. The fraction of sp³-hybridized carbons (Fsp3) is 0. The lowest BCUT2D eigenvalue weighted by molar-refractivity contribution is 0.102. The summed E-state index contributed by atoms with van der Waals surface area (Å²) >= 11 is 14.9. The van der Waals surface area contributed by atoms with Crippen molar-refractivity contribution in [3.63, 3.8) is 0 Å². The van der Waals surface area contributed by atoms with E-state index in [0.717, 1.165) is 6.07 Å². The summed E-state index contributed by atoms with van der Waals surface area (Å²) in [7, 11) is 0. The summed E-state index contributed by atoms with van der Waals surface area (Å²) in [5.74, 6) is -0.961. The third-order valence-corrected chi connectivity index (χ3v) is 3.28. The minimum Gasteiger partial charge on any atom is -0.321 e. The third kappa shape index (κ3) is 3.43. The molecule has 2 aromatic rings. The summed E-state index contributed by atoms with van der Waals surface area (Å²) in [4.78, 5) is 15.9. The minimum absolute atomic E-state index is 0.0685. The van der Waals surface area contributed by atoms with Crippen molar-refractivity contribution in [3.05, 3.63) is 56.5 Å². The van der Waals surface area contributed by atoms with Gasteiger partial charge in [-0.05, 0) is 40.2 Å². The van der Waals surface area contributed by atoms with Crippen LogP contribution >= 0.6 is 39.1 Å². The SMILES string of the molecule is O=C(Nc1ccc(F)cc1Cl)c1cc(Br)cnc1Cl. The number of nitrogens with one attached hydrogen (secondary N) is 1. The van der Waals surface area contributed by atoms with Crippen molar-refractivity contribution in [2.75, 3.05) is 5.32 Å². The molecule has 7 heteroatoms. The van der Waals surface area contributed by atoms with Gasteiger partial charge in [0.1, 0.15) is 11.0 Å². The molecular formula is C12H6BrCl2FN2O. The predicted molar refractivity (Wildman–Crippen MR) is 76.3 cm³/mol. The van der Waals surface area contributed by atoms with Crippen molar-refractivity contribution < 1.29 is 9.18 Å². The number of hydrogen-bond acceptors (Lipinski definition) is 2. The Balaban J connectivity index is 2.28. The van der Waals surface area contributed by atoms with Crippen molar-refractivity contribution in [2.45, 2.75) is 0 Å². The molecule has 0 aliphatic carbocycles. The van der Waals surface area contributed by atoms with Crippen LogP contribution in [0.1, 0.15) is 10.4 Å². The van der Waals surface area contributed by atoms with Crippen LogP contribution in [0.2, 0.25) is 10.2 Å². The summed E-state index contributed by atoms with van der Waals surface area (Å²) in [6.45, 7) is 0. The number of carbonyl (C=O) groups excluding carboxylic acids is 1. The van der Waals surface area contributed by atoms with Crippen molar-refractivity contribution in [1.82, 2.24) is 4.98 Å². The maximum Gasteiger partial charge on any atom is 0.258 e. The molecule has 0 atom stereocenters. The average molecular weight is 364 g/mol. The number of nitrogens with zero attached hydrogens (tertiary/aromatic N) is 1. The molecule has 2 rings (SSSR count). The van der Waals surface area contributed by atoms with Crippen molar-refractivity contribution >= 4 is 50.7 Å². The van der Waals surface area contributed by atoms with Crippen LogP contribution in [0.5, 0.6) is 0 Å². The summed E-state index contributed by atoms with van der Waals surface area (Å²) < 4.78 is 13.5. The van der Waals surface area contributed by atoms with E-state index in [1.807, 2.05) is 0 Å². The molecule has 1 aromatic heterocycles. The second kappa shape index (κ2) is 5.86. The fourth-order valence-corrected chi connectivity index (χ4v) is 2.10. The summed E-state index contributed by atoms with van der Waals surface area (Å²) in [6, 6.07) is 5.21. The Labute approximate surface area is 126 Å². The second-order valence-electron chi connectivity index (χ2n) is 3.57. The monoisotopic (exact) mass is 362 g/mol. The largest absolute Gasteiger partial charge is 0.321 e. The molecule has 0 fully saturated rings. The van der Waals surface area contributed by atoms with Gasteiger partial charge < -0.3 is 5.32 Å². The minimum atomic E-state index is -0.481. The van der Waals surface area contributed by atoms with Crippen molar-refractivity contribution in [1.29, 1.82) is 0 Å². The van der Waals surface area contributed by atoms with Crippen LogP contribution in [0.15, 0.2) is 34.9 Å². The van der Waals surface area contributed by atoms with Crippen LogP contribution in [0.4, 0.5) is 10.1 Å². The standard InChI is InChI=1S/C12H6BrCl2FN2O/c13-6-3-8(11(15)17-5-6)12(19)18-10-2-1-7(16)4-9(10)14/h1-5H,(H,18,19). The van der Waals surface area contributed by atoms with Gasteiger partial charge in [-0.1, -0.05) is 23.2 Å². The van der Waals surface area contributed by atoms with E-state index in [4.69, 9.17) is 23.2 Å². The van der Waals surface area contributed by atoms with E-state index in [-0.39, 0.29) is 15.7 Å². The van der Waals surface area contributed by atoms with Crippen LogP contribution in [0.3, 0.4) is 0 Å². The molecule has 0 radical (unpaired) electrons. The zero-order valence-corrected chi connectivity index (χ0v) is 12.4. The van der Waals surface area contributed by atoms with Gasteiger partial charge in [0.05, 0.1) is 16.3 Å². The van der Waals surface area contributed by atoms with Gasteiger partial charge >= 0.3 is 0 Å². The lowest BCUT2D eigenvalue weighted by atomic mass is 10.2. The molecule has 0 aliphatic heterocycles. The Morgan fingerprint density at radius 2 is 2.05 bits per heavy atom. The first-order chi connectivity index (χ1) is 8.97. The lowest BCUT2D eigenvalue weighted by Gasteiger charge is -2.08. The van der Waals surface area contributed by atoms with Crippen LogP contribution in [0.25, 0.3) is 0 Å². The Kier molecular flexibility index (Phi) is 4.39. The van der Waals surface area contributed by atoms with Gasteiger partial charge in [0.15, 0.2) is 0 Å². The lowest BCUT2D eigenvalue weighted by Crippen LogP contribution is -2.13. The van der Waals surface area contributed by atoms with Gasteiger partial charge in [-0.2, -0.15) is 0 Å². The Morgan fingerprint density at radius 1 is 1.32 bits per heavy atom. The summed E-state index contributed by atoms with van der Waals surface area (Å²) in [6.07, 6.45) is 1.48. The fourth-order valence-electron chi connectivity index (χ4n) is 1.36. The highest BCUT2D eigenvalue weighted by Crippen LogP contribution is 2.24. The smallest absolute Gasteiger partial charge is 0.258 e. The first kappa shape index (κ1) is 14.2.